The molecule has 1 aliphatic heterocycles. The second-order valence-corrected chi connectivity index (χ2v) is 8.93. The third kappa shape index (κ3) is 5.29. The van der Waals surface area contributed by atoms with Crippen LogP contribution in [0, 0.1) is 6.92 Å². The van der Waals surface area contributed by atoms with E-state index in [4.69, 9.17) is 18.6 Å². The molecule has 0 saturated heterocycles. The third-order valence-corrected chi connectivity index (χ3v) is 6.57. The van der Waals surface area contributed by atoms with Gasteiger partial charge in [-0.15, -0.1) is 0 Å². The molecular weight excluding hydrogens is 492 g/mol. The minimum atomic E-state index is -0.993. The van der Waals surface area contributed by atoms with E-state index in [-0.39, 0.29) is 40.9 Å². The highest BCUT2D eigenvalue weighted by atomic mass is 16.5. The molecule has 0 spiro atoms. The number of nitrogens with one attached hydrogen (secondary N) is 2. The maximum atomic E-state index is 13.4. The molecule has 38 heavy (non-hydrogen) atoms. The highest BCUT2D eigenvalue weighted by molar-refractivity contribution is 5.98. The van der Waals surface area contributed by atoms with Gasteiger partial charge in [0.05, 0.1) is 26.9 Å². The van der Waals surface area contributed by atoms with Crippen LogP contribution in [0.15, 0.2) is 51.7 Å². The van der Waals surface area contributed by atoms with Crippen LogP contribution in [-0.2, 0) is 16.0 Å². The van der Waals surface area contributed by atoms with Gasteiger partial charge >= 0.3 is 5.63 Å². The molecule has 0 saturated carbocycles. The Bertz CT molecular complexity index is 1410. The lowest BCUT2D eigenvalue weighted by Gasteiger charge is -2.23. The molecule has 10 nitrogen and oxygen atoms in total. The summed E-state index contributed by atoms with van der Waals surface area (Å²) in [6.45, 7) is 1.53. The smallest absolute Gasteiger partial charge is 0.343 e. The molecule has 2 atom stereocenters. The Morgan fingerprint density at radius 1 is 1.11 bits per heavy atom. The number of rotatable bonds is 8. The lowest BCUT2D eigenvalue weighted by atomic mass is 9.87. The molecule has 0 radical (unpaired) electrons. The number of amides is 2. The predicted molar refractivity (Wildman–Crippen MR) is 139 cm³/mol. The fourth-order valence-corrected chi connectivity index (χ4v) is 4.78. The fraction of sp³-hybridized carbons (Fsp3) is 0.321. The van der Waals surface area contributed by atoms with E-state index in [2.05, 4.69) is 10.6 Å². The number of carbonyl (C=O) groups is 2. The summed E-state index contributed by atoms with van der Waals surface area (Å²) in [5, 5.41) is 16.4. The van der Waals surface area contributed by atoms with Gasteiger partial charge in [0.1, 0.15) is 17.6 Å². The highest BCUT2D eigenvalue weighted by Crippen LogP contribution is 2.46. The third-order valence-electron chi connectivity index (χ3n) is 6.57. The van der Waals surface area contributed by atoms with Crippen LogP contribution in [0.3, 0.4) is 0 Å². The second kappa shape index (κ2) is 11.3. The van der Waals surface area contributed by atoms with Crippen LogP contribution in [0.2, 0.25) is 0 Å². The van der Waals surface area contributed by atoms with Crippen molar-refractivity contribution in [2.75, 3.05) is 26.6 Å². The number of hydrogen-bond donors (Lipinski definition) is 3. The molecule has 3 aromatic rings. The molecular formula is C28H30N2O8. The Labute approximate surface area is 219 Å². The Balaban J connectivity index is 1.70. The van der Waals surface area contributed by atoms with E-state index in [1.807, 2.05) is 24.3 Å². The summed E-state index contributed by atoms with van der Waals surface area (Å²) >= 11 is 0. The Morgan fingerprint density at radius 2 is 1.84 bits per heavy atom. The summed E-state index contributed by atoms with van der Waals surface area (Å²) in [6.07, 6.45) is 0.704. The van der Waals surface area contributed by atoms with Crippen molar-refractivity contribution in [2.24, 2.45) is 0 Å². The van der Waals surface area contributed by atoms with Gasteiger partial charge in [0.15, 0.2) is 11.5 Å². The zero-order chi connectivity index (χ0) is 27.4. The topological polar surface area (TPSA) is 136 Å². The molecule has 2 amide bonds. The average molecular weight is 523 g/mol. The quantitative estimate of drug-likeness (QED) is 0.410. The zero-order valence-electron chi connectivity index (χ0n) is 21.6. The van der Waals surface area contributed by atoms with Crippen molar-refractivity contribution in [3.8, 4) is 23.0 Å². The summed E-state index contributed by atoms with van der Waals surface area (Å²) in [5.74, 6) is -1.07. The minimum absolute atomic E-state index is 0.117. The molecule has 0 bridgehead atoms. The number of hydrogen-bond acceptors (Lipinski definition) is 8. The van der Waals surface area contributed by atoms with E-state index in [0.29, 0.717) is 29.8 Å². The van der Waals surface area contributed by atoms with Gasteiger partial charge in [-0.25, -0.2) is 4.79 Å². The summed E-state index contributed by atoms with van der Waals surface area (Å²) in [5.41, 5.74) is 1.18. The first-order valence-electron chi connectivity index (χ1n) is 12.1. The largest absolute Gasteiger partial charge is 0.507 e. The van der Waals surface area contributed by atoms with Crippen molar-refractivity contribution in [1.82, 2.24) is 5.32 Å². The van der Waals surface area contributed by atoms with Crippen molar-refractivity contribution in [3.63, 3.8) is 0 Å². The zero-order valence-corrected chi connectivity index (χ0v) is 21.6. The molecule has 2 aromatic carbocycles. The number of anilines is 1. The Kier molecular flexibility index (Phi) is 7.90. The Hall–Kier alpha value is -4.47. The second-order valence-electron chi connectivity index (χ2n) is 8.93. The minimum Gasteiger partial charge on any atom is -0.507 e. The van der Waals surface area contributed by atoms with Crippen molar-refractivity contribution in [1.29, 1.82) is 0 Å². The van der Waals surface area contributed by atoms with Gasteiger partial charge in [0.2, 0.25) is 17.6 Å². The number of ether oxygens (including phenoxy) is 3. The van der Waals surface area contributed by atoms with Gasteiger partial charge in [-0.3, -0.25) is 9.59 Å². The van der Waals surface area contributed by atoms with Crippen LogP contribution < -0.4 is 30.5 Å². The summed E-state index contributed by atoms with van der Waals surface area (Å²) in [7, 11) is 4.33. The number of methoxy groups -OCH3 is 3. The number of aryl methyl sites for hydroxylation is 2. The summed E-state index contributed by atoms with van der Waals surface area (Å²) in [4.78, 5) is 39.1. The van der Waals surface area contributed by atoms with E-state index >= 15 is 0 Å². The van der Waals surface area contributed by atoms with Crippen molar-refractivity contribution >= 4 is 17.5 Å². The number of carbonyl (C=O) groups excluding carboxylic acids is 2. The van der Waals surface area contributed by atoms with E-state index < -0.39 is 23.5 Å². The lowest BCUT2D eigenvalue weighted by Crippen LogP contribution is -2.43. The van der Waals surface area contributed by atoms with Crippen molar-refractivity contribution in [3.05, 3.63) is 75.3 Å². The molecule has 4 rings (SSSR count). The number of aromatic hydroxyl groups is 1. The first kappa shape index (κ1) is 26.6. The number of fused-ring (bicyclic) bond motifs is 1. The highest BCUT2D eigenvalue weighted by Gasteiger charge is 2.32. The summed E-state index contributed by atoms with van der Waals surface area (Å²) in [6, 6.07) is 11.2. The van der Waals surface area contributed by atoms with Gasteiger partial charge in [0, 0.05) is 29.7 Å². The van der Waals surface area contributed by atoms with E-state index in [1.165, 1.54) is 34.3 Å². The van der Waals surface area contributed by atoms with Crippen LogP contribution in [-0.4, -0.2) is 44.3 Å². The van der Waals surface area contributed by atoms with Gasteiger partial charge < -0.3 is 34.4 Å². The van der Waals surface area contributed by atoms with E-state index in [0.717, 1.165) is 5.56 Å². The lowest BCUT2D eigenvalue weighted by molar-refractivity contribution is -0.126. The van der Waals surface area contributed by atoms with Gasteiger partial charge in [-0.05, 0) is 37.5 Å². The Morgan fingerprint density at radius 3 is 2.53 bits per heavy atom. The normalized spacial score (nSPS) is 15.5. The number of benzene rings is 2. The molecule has 0 unspecified atom stereocenters. The molecule has 1 aromatic heterocycles. The van der Waals surface area contributed by atoms with E-state index in [9.17, 15) is 19.5 Å². The molecule has 2 heterocycles. The summed E-state index contributed by atoms with van der Waals surface area (Å²) < 4.78 is 21.7. The van der Waals surface area contributed by atoms with Crippen LogP contribution >= 0.6 is 0 Å². The SMILES string of the molecule is COc1ccc([C@@H](CC(=O)N[C@H]2CCc3ccccc3NC2=O)c2c(O)cc(C)oc2=O)c(OC)c1OC. The first-order valence-corrected chi connectivity index (χ1v) is 12.1. The van der Waals surface area contributed by atoms with Crippen LogP contribution in [0.1, 0.15) is 41.2 Å². The van der Waals surface area contributed by atoms with Crippen LogP contribution in [0.5, 0.6) is 23.0 Å². The molecule has 1 aliphatic rings. The van der Waals surface area contributed by atoms with Crippen LogP contribution in [0.25, 0.3) is 0 Å². The monoisotopic (exact) mass is 522 g/mol. The molecule has 10 heteroatoms. The molecule has 0 aliphatic carbocycles. The average Bonchev–Trinajstić information content (AvgIpc) is 3.04. The maximum Gasteiger partial charge on any atom is 0.343 e. The molecule has 3 N–H and O–H groups in total. The van der Waals surface area contributed by atoms with Gasteiger partial charge in [-0.1, -0.05) is 24.3 Å². The van der Waals surface area contributed by atoms with Crippen LogP contribution in [0.4, 0.5) is 5.69 Å². The predicted octanol–water partition coefficient (Wildman–Crippen LogP) is 3.27. The molecule has 0 fully saturated rings. The van der Waals surface area contributed by atoms with Crippen molar-refractivity contribution in [2.45, 2.75) is 38.1 Å². The fourth-order valence-electron chi connectivity index (χ4n) is 4.78. The number of para-hydroxylation sites is 1. The van der Waals surface area contributed by atoms with Gasteiger partial charge in [0.25, 0.3) is 0 Å². The van der Waals surface area contributed by atoms with E-state index in [1.54, 1.807) is 12.1 Å². The van der Waals surface area contributed by atoms with Crippen molar-refractivity contribution < 1.29 is 33.3 Å². The van der Waals surface area contributed by atoms with Gasteiger partial charge in [-0.2, -0.15) is 0 Å². The standard InChI is InChI=1S/C28H30N2O8/c1-15-13-21(31)24(28(34)38-15)18(17-10-12-22(35-2)26(37-4)25(17)36-3)14-23(32)29-20-11-9-16-7-5-6-8-19(16)30-27(20)33/h5-8,10,12-13,18,20,31H,9,11,14H2,1-4H3,(H,29,32)(H,30,33)/t18-,20+/m1/s1. The molecule has 200 valence electrons. The maximum absolute atomic E-state index is 13.4. The first-order chi connectivity index (χ1) is 18.3.